The highest BCUT2D eigenvalue weighted by atomic mass is 32.1. The molecule has 0 atom stereocenters. The fraction of sp³-hybridized carbons (Fsp3) is 0.188. The Kier molecular flexibility index (Phi) is 3.96. The second-order valence-electron chi connectivity index (χ2n) is 5.21. The van der Waals surface area contributed by atoms with E-state index in [4.69, 9.17) is 0 Å². The minimum atomic E-state index is -0.527. The van der Waals surface area contributed by atoms with Gasteiger partial charge in [0.2, 0.25) is 5.91 Å². The molecular weight excluding hydrogens is 317 g/mol. The van der Waals surface area contributed by atoms with Crippen LogP contribution in [0.25, 0.3) is 10.9 Å². The first-order chi connectivity index (χ1) is 11.0. The van der Waals surface area contributed by atoms with Crippen molar-refractivity contribution in [3.05, 3.63) is 57.1 Å². The Hall–Kier alpha value is -2.54. The van der Waals surface area contributed by atoms with Crippen molar-refractivity contribution in [3.8, 4) is 0 Å². The van der Waals surface area contributed by atoms with Crippen LogP contribution in [-0.2, 0) is 11.3 Å². The number of benzene rings is 1. The first-order valence-corrected chi connectivity index (χ1v) is 7.84. The third-order valence-corrected chi connectivity index (χ3v) is 4.33. The number of amides is 1. The second kappa shape index (κ2) is 5.92. The minimum Gasteiger partial charge on any atom is -0.333 e. The van der Waals surface area contributed by atoms with Crippen LogP contribution in [0.5, 0.6) is 0 Å². The number of carbonyl (C=O) groups excluding carboxylic acids is 1. The first-order valence-electron chi connectivity index (χ1n) is 6.96. The highest BCUT2D eigenvalue weighted by Crippen LogP contribution is 2.18. The number of nitrogens with zero attached hydrogens (tertiary/aromatic N) is 2. The van der Waals surface area contributed by atoms with Crippen LogP contribution < -0.4 is 10.7 Å². The van der Waals surface area contributed by atoms with E-state index in [0.29, 0.717) is 10.8 Å². The van der Waals surface area contributed by atoms with Crippen molar-refractivity contribution in [3.63, 3.8) is 0 Å². The number of carbonyl (C=O) groups is 1. The summed E-state index contributed by atoms with van der Waals surface area (Å²) in [4.78, 5) is 28.4. The Bertz CT molecular complexity index is 962. The van der Waals surface area contributed by atoms with Gasteiger partial charge in [-0.05, 0) is 26.0 Å². The number of nitrogens with one attached hydrogen (secondary N) is 1. The molecule has 118 valence electrons. The number of para-hydroxylation sites is 1. The minimum absolute atomic E-state index is 0.0951. The summed E-state index contributed by atoms with van der Waals surface area (Å²) in [5, 5.41) is 5.27. The van der Waals surface area contributed by atoms with E-state index in [1.165, 1.54) is 34.1 Å². The van der Waals surface area contributed by atoms with Gasteiger partial charge in [-0.15, -0.1) is 11.3 Å². The normalized spacial score (nSPS) is 10.9. The number of aromatic nitrogens is 2. The van der Waals surface area contributed by atoms with Gasteiger partial charge in [-0.1, -0.05) is 6.07 Å². The van der Waals surface area contributed by atoms with E-state index in [-0.39, 0.29) is 28.8 Å². The van der Waals surface area contributed by atoms with Gasteiger partial charge in [-0.3, -0.25) is 9.59 Å². The summed E-state index contributed by atoms with van der Waals surface area (Å²) in [6, 6.07) is 5.72. The Balaban J connectivity index is 1.99. The molecule has 0 fully saturated rings. The molecule has 0 radical (unpaired) electrons. The van der Waals surface area contributed by atoms with Crippen LogP contribution in [-0.4, -0.2) is 15.5 Å². The fourth-order valence-corrected chi connectivity index (χ4v) is 3.13. The highest BCUT2D eigenvalue weighted by molar-refractivity contribution is 7.13. The lowest BCUT2D eigenvalue weighted by atomic mass is 10.1. The maximum Gasteiger partial charge on any atom is 0.246 e. The number of anilines is 1. The van der Waals surface area contributed by atoms with E-state index in [9.17, 15) is 14.0 Å². The molecule has 0 spiro atoms. The molecule has 0 unspecified atom stereocenters. The number of hydrogen-bond donors (Lipinski definition) is 1. The van der Waals surface area contributed by atoms with Crippen LogP contribution in [0.15, 0.2) is 34.4 Å². The molecule has 7 heteroatoms. The molecule has 0 aliphatic carbocycles. The summed E-state index contributed by atoms with van der Waals surface area (Å²) >= 11 is 1.33. The topological polar surface area (TPSA) is 64.0 Å². The van der Waals surface area contributed by atoms with Crippen LogP contribution in [0, 0.1) is 19.7 Å². The van der Waals surface area contributed by atoms with Gasteiger partial charge in [0.05, 0.1) is 11.2 Å². The van der Waals surface area contributed by atoms with Crippen LogP contribution >= 0.6 is 11.3 Å². The third-order valence-electron chi connectivity index (χ3n) is 3.45. The molecule has 0 saturated carbocycles. The smallest absolute Gasteiger partial charge is 0.246 e. The molecule has 0 saturated heterocycles. The third kappa shape index (κ3) is 3.00. The van der Waals surface area contributed by atoms with Crippen molar-refractivity contribution in [2.45, 2.75) is 20.4 Å². The van der Waals surface area contributed by atoms with E-state index in [1.54, 1.807) is 13.0 Å². The largest absolute Gasteiger partial charge is 0.333 e. The Morgan fingerprint density at radius 3 is 2.87 bits per heavy atom. The summed E-state index contributed by atoms with van der Waals surface area (Å²) in [5.41, 5.74) is 1.23. The van der Waals surface area contributed by atoms with Crippen molar-refractivity contribution in [2.75, 3.05) is 5.32 Å². The van der Waals surface area contributed by atoms with Gasteiger partial charge >= 0.3 is 0 Å². The predicted molar refractivity (Wildman–Crippen MR) is 88.4 cm³/mol. The van der Waals surface area contributed by atoms with Crippen molar-refractivity contribution < 1.29 is 9.18 Å². The lowest BCUT2D eigenvalue weighted by molar-refractivity contribution is -0.116. The Morgan fingerprint density at radius 2 is 2.17 bits per heavy atom. The van der Waals surface area contributed by atoms with Crippen molar-refractivity contribution >= 4 is 33.3 Å². The second-order valence-corrected chi connectivity index (χ2v) is 6.07. The molecule has 5 nitrogen and oxygen atoms in total. The zero-order valence-corrected chi connectivity index (χ0v) is 13.4. The van der Waals surface area contributed by atoms with Crippen molar-refractivity contribution in [1.29, 1.82) is 0 Å². The Morgan fingerprint density at radius 1 is 1.39 bits per heavy atom. The first kappa shape index (κ1) is 15.4. The molecule has 2 aromatic heterocycles. The van der Waals surface area contributed by atoms with Gasteiger partial charge in [0.15, 0.2) is 10.6 Å². The van der Waals surface area contributed by atoms with E-state index < -0.39 is 5.82 Å². The molecule has 3 aromatic rings. The zero-order valence-electron chi connectivity index (χ0n) is 12.6. The van der Waals surface area contributed by atoms with Gasteiger partial charge in [0.25, 0.3) is 0 Å². The summed E-state index contributed by atoms with van der Waals surface area (Å²) in [6.45, 7) is 3.41. The van der Waals surface area contributed by atoms with Gasteiger partial charge < -0.3 is 9.88 Å². The molecule has 1 N–H and O–H groups in total. The fourth-order valence-electron chi connectivity index (χ4n) is 2.43. The lowest BCUT2D eigenvalue weighted by Crippen LogP contribution is -2.22. The molecular formula is C16H14FN3O2S. The molecule has 23 heavy (non-hydrogen) atoms. The number of halogens is 1. The number of hydrogen-bond acceptors (Lipinski definition) is 4. The van der Waals surface area contributed by atoms with Crippen molar-refractivity contribution in [1.82, 2.24) is 9.55 Å². The van der Waals surface area contributed by atoms with Gasteiger partial charge in [-0.25, -0.2) is 9.37 Å². The number of thiazole rings is 1. The monoisotopic (exact) mass is 331 g/mol. The molecule has 2 heterocycles. The summed E-state index contributed by atoms with van der Waals surface area (Å²) in [6.07, 6.45) is 0. The predicted octanol–water partition coefficient (Wildman–Crippen LogP) is 2.85. The number of fused-ring (bicyclic) bond motifs is 1. The standard InChI is InChI=1S/C16H14FN3O2S/c1-9-8-23-16(18-9)19-14(22)7-20-10(2)6-13(21)11-4-3-5-12(17)15(11)20/h3-6,8H,7H2,1-2H3,(H,18,19,22). The molecule has 0 bridgehead atoms. The molecule has 1 amide bonds. The lowest BCUT2D eigenvalue weighted by Gasteiger charge is -2.14. The summed E-state index contributed by atoms with van der Waals surface area (Å²) in [7, 11) is 0. The molecule has 0 aliphatic rings. The van der Waals surface area contributed by atoms with Crippen LogP contribution in [0.3, 0.4) is 0 Å². The van der Waals surface area contributed by atoms with Gasteiger partial charge in [-0.2, -0.15) is 0 Å². The van der Waals surface area contributed by atoms with Gasteiger partial charge in [0, 0.05) is 22.5 Å². The van der Waals surface area contributed by atoms with E-state index >= 15 is 0 Å². The van der Waals surface area contributed by atoms with Crippen molar-refractivity contribution in [2.24, 2.45) is 0 Å². The quantitative estimate of drug-likeness (QED) is 0.803. The molecule has 0 aliphatic heterocycles. The zero-order chi connectivity index (χ0) is 16.6. The highest BCUT2D eigenvalue weighted by Gasteiger charge is 2.14. The Labute approximate surface area is 135 Å². The SMILES string of the molecule is Cc1csc(NC(=O)Cn2c(C)cc(=O)c3cccc(F)c32)n1. The molecule has 1 aromatic carbocycles. The average Bonchev–Trinajstić information content (AvgIpc) is 2.88. The maximum absolute atomic E-state index is 14.2. The van der Waals surface area contributed by atoms with Crippen LogP contribution in [0.4, 0.5) is 9.52 Å². The number of aryl methyl sites for hydroxylation is 2. The van der Waals surface area contributed by atoms with Crippen LogP contribution in [0.1, 0.15) is 11.4 Å². The summed E-state index contributed by atoms with van der Waals surface area (Å²) in [5.74, 6) is -0.850. The van der Waals surface area contributed by atoms with Crippen LogP contribution in [0.2, 0.25) is 0 Å². The number of pyridine rings is 1. The van der Waals surface area contributed by atoms with E-state index in [1.807, 2.05) is 12.3 Å². The maximum atomic E-state index is 14.2. The van der Waals surface area contributed by atoms with E-state index in [0.717, 1.165) is 5.69 Å². The number of rotatable bonds is 3. The van der Waals surface area contributed by atoms with Gasteiger partial charge in [0.1, 0.15) is 12.4 Å². The summed E-state index contributed by atoms with van der Waals surface area (Å²) < 4.78 is 15.7. The molecule has 3 rings (SSSR count). The van der Waals surface area contributed by atoms with E-state index in [2.05, 4.69) is 10.3 Å². The average molecular weight is 331 g/mol.